The van der Waals surface area contributed by atoms with E-state index in [4.69, 9.17) is 4.74 Å². The number of hydrogen-bond donors (Lipinski definition) is 0. The maximum Gasteiger partial charge on any atom is 0.144 e. The van der Waals surface area contributed by atoms with Gasteiger partial charge in [-0.1, -0.05) is 4.40 Å². The average molecular weight is 229 g/mol. The maximum atomic E-state index is 11.8. The van der Waals surface area contributed by atoms with Crippen LogP contribution in [0.4, 0.5) is 0 Å². The molecule has 2 saturated heterocycles. The molecular weight excluding hydrogens is 210 g/mol. The average Bonchev–Trinajstić information content (AvgIpc) is 2.72. The van der Waals surface area contributed by atoms with Gasteiger partial charge in [0.2, 0.25) is 0 Å². The van der Waals surface area contributed by atoms with Gasteiger partial charge in [0.25, 0.3) is 0 Å². The highest BCUT2D eigenvalue weighted by atomic mass is 32.2. The molecule has 0 saturated carbocycles. The number of nitrogens with zero attached hydrogens (tertiary/aromatic N) is 1. The highest BCUT2D eigenvalue weighted by molar-refractivity contribution is 7.91. The first-order valence-corrected chi connectivity index (χ1v) is 6.67. The summed E-state index contributed by atoms with van der Waals surface area (Å²) < 4.78 is 21.5. The minimum Gasteiger partial charge on any atom is -0.591 e. The van der Waals surface area contributed by atoms with Gasteiger partial charge in [-0.3, -0.25) is 0 Å². The molecule has 2 aliphatic heterocycles. The molecule has 86 valence electrons. The van der Waals surface area contributed by atoms with E-state index in [0.717, 1.165) is 25.7 Å². The minimum absolute atomic E-state index is 0.175. The van der Waals surface area contributed by atoms with Crippen molar-refractivity contribution in [2.45, 2.75) is 62.9 Å². The summed E-state index contributed by atoms with van der Waals surface area (Å²) in [4.78, 5) is 0. The summed E-state index contributed by atoms with van der Waals surface area (Å²) in [6.07, 6.45) is 6.59. The zero-order valence-electron chi connectivity index (χ0n) is 9.66. The molecule has 2 rings (SSSR count). The Morgan fingerprint density at radius 1 is 1.40 bits per heavy atom. The van der Waals surface area contributed by atoms with Gasteiger partial charge in [-0.15, -0.1) is 0 Å². The second-order valence-corrected chi connectivity index (χ2v) is 7.41. The molecule has 0 radical (unpaired) electrons. The molecule has 3 nitrogen and oxygen atoms in total. The Bertz CT molecular complexity index is 264. The molecule has 2 heterocycles. The monoisotopic (exact) mass is 229 g/mol. The summed E-state index contributed by atoms with van der Waals surface area (Å²) in [5.74, 6) is 0. The third-order valence-corrected chi connectivity index (χ3v) is 4.43. The molecule has 2 aliphatic rings. The molecule has 0 N–H and O–H groups in total. The number of hydrogen-bond acceptors (Lipinski definition) is 3. The lowest BCUT2D eigenvalue weighted by Gasteiger charge is -2.21. The SMILES string of the molecule is CC(C)(C)[S+]([O-])/N=C/C12CCC(CC1)O2. The maximum absolute atomic E-state index is 11.8. The quantitative estimate of drug-likeness (QED) is 0.538. The van der Waals surface area contributed by atoms with Crippen molar-refractivity contribution in [2.24, 2.45) is 4.40 Å². The van der Waals surface area contributed by atoms with E-state index in [0.29, 0.717) is 6.10 Å². The molecule has 0 amide bonds. The molecule has 0 aliphatic carbocycles. The van der Waals surface area contributed by atoms with E-state index in [1.807, 2.05) is 20.8 Å². The summed E-state index contributed by atoms with van der Waals surface area (Å²) in [5, 5.41) is 0. The van der Waals surface area contributed by atoms with E-state index in [1.54, 1.807) is 6.21 Å². The van der Waals surface area contributed by atoms with E-state index in [2.05, 4.69) is 4.40 Å². The van der Waals surface area contributed by atoms with Crippen LogP contribution in [0.15, 0.2) is 4.40 Å². The van der Waals surface area contributed by atoms with Crippen LogP contribution in [0.5, 0.6) is 0 Å². The predicted octanol–water partition coefficient (Wildman–Crippen LogP) is 2.23. The summed E-state index contributed by atoms with van der Waals surface area (Å²) in [7, 11) is 0. The zero-order chi connectivity index (χ0) is 11.1. The van der Waals surface area contributed by atoms with Gasteiger partial charge < -0.3 is 9.29 Å². The van der Waals surface area contributed by atoms with Crippen molar-refractivity contribution in [2.75, 3.05) is 0 Å². The lowest BCUT2D eigenvalue weighted by Crippen LogP contribution is -2.30. The summed E-state index contributed by atoms with van der Waals surface area (Å²) in [6.45, 7) is 5.81. The molecule has 0 aromatic heterocycles. The van der Waals surface area contributed by atoms with Crippen molar-refractivity contribution in [1.82, 2.24) is 0 Å². The molecule has 2 fully saturated rings. The Morgan fingerprint density at radius 2 is 2.00 bits per heavy atom. The third-order valence-electron chi connectivity index (χ3n) is 3.09. The topological polar surface area (TPSA) is 44.7 Å². The van der Waals surface area contributed by atoms with Gasteiger partial charge in [-0.2, -0.15) is 0 Å². The van der Waals surface area contributed by atoms with Crippen LogP contribution in [0, 0.1) is 0 Å². The van der Waals surface area contributed by atoms with Crippen molar-refractivity contribution < 1.29 is 9.29 Å². The van der Waals surface area contributed by atoms with Crippen molar-refractivity contribution in [1.29, 1.82) is 0 Å². The van der Waals surface area contributed by atoms with Gasteiger partial charge in [0.1, 0.15) is 21.7 Å². The molecule has 0 aromatic carbocycles. The predicted molar refractivity (Wildman–Crippen MR) is 62.5 cm³/mol. The largest absolute Gasteiger partial charge is 0.591 e. The second-order valence-electron chi connectivity index (χ2n) is 5.48. The van der Waals surface area contributed by atoms with Crippen LogP contribution in [-0.4, -0.2) is 27.2 Å². The van der Waals surface area contributed by atoms with Gasteiger partial charge in [0.05, 0.1) is 12.3 Å². The van der Waals surface area contributed by atoms with Crippen LogP contribution in [0.1, 0.15) is 46.5 Å². The van der Waals surface area contributed by atoms with Gasteiger partial charge >= 0.3 is 0 Å². The molecule has 0 spiro atoms. The van der Waals surface area contributed by atoms with E-state index in [1.165, 1.54) is 0 Å². The van der Waals surface area contributed by atoms with Crippen molar-refractivity contribution >= 4 is 17.6 Å². The highest BCUT2D eigenvalue weighted by Gasteiger charge is 2.45. The van der Waals surface area contributed by atoms with Crippen LogP contribution in [0.25, 0.3) is 0 Å². The van der Waals surface area contributed by atoms with Crippen LogP contribution >= 0.6 is 0 Å². The number of ether oxygens (including phenoxy) is 1. The Hall–Kier alpha value is -0.0600. The van der Waals surface area contributed by atoms with Crippen molar-refractivity contribution in [3.8, 4) is 0 Å². The minimum atomic E-state index is -1.15. The zero-order valence-corrected chi connectivity index (χ0v) is 10.5. The Morgan fingerprint density at radius 3 is 2.40 bits per heavy atom. The van der Waals surface area contributed by atoms with Gasteiger partial charge in [-0.25, -0.2) is 0 Å². The normalized spacial score (nSPS) is 37.7. The molecule has 15 heavy (non-hydrogen) atoms. The molecule has 1 atom stereocenters. The van der Waals surface area contributed by atoms with E-state index < -0.39 is 11.4 Å². The molecule has 0 aromatic rings. The Kier molecular flexibility index (Phi) is 2.86. The van der Waals surface area contributed by atoms with E-state index in [-0.39, 0.29) is 10.3 Å². The van der Waals surface area contributed by atoms with Crippen molar-refractivity contribution in [3.05, 3.63) is 0 Å². The second kappa shape index (κ2) is 3.75. The van der Waals surface area contributed by atoms with Crippen molar-refractivity contribution in [3.63, 3.8) is 0 Å². The number of fused-ring (bicyclic) bond motifs is 2. The first-order chi connectivity index (χ1) is 6.91. The Balaban J connectivity index is 1.99. The summed E-state index contributed by atoms with van der Waals surface area (Å²) in [6, 6.07) is 0. The number of rotatable bonds is 2. The highest BCUT2D eigenvalue weighted by Crippen LogP contribution is 2.42. The first-order valence-electron chi connectivity index (χ1n) is 5.56. The van der Waals surface area contributed by atoms with Gasteiger partial charge in [-0.05, 0) is 46.5 Å². The first kappa shape index (κ1) is 11.4. The lowest BCUT2D eigenvalue weighted by molar-refractivity contribution is 0.0684. The fourth-order valence-electron chi connectivity index (χ4n) is 2.11. The van der Waals surface area contributed by atoms with Crippen LogP contribution in [0.3, 0.4) is 0 Å². The molecule has 1 unspecified atom stereocenters. The summed E-state index contributed by atoms with van der Waals surface area (Å²) in [5.41, 5.74) is -0.175. The third kappa shape index (κ3) is 2.37. The van der Waals surface area contributed by atoms with Gasteiger partial charge in [0, 0.05) is 0 Å². The van der Waals surface area contributed by atoms with Crippen LogP contribution in [-0.2, 0) is 16.1 Å². The Labute approximate surface area is 94.6 Å². The summed E-state index contributed by atoms with van der Waals surface area (Å²) >= 11 is -1.15. The fraction of sp³-hybridized carbons (Fsp3) is 0.909. The standard InChI is InChI=1S/C11H19NO2S/c1-10(2,3)15(13)12-8-11-6-4-9(14-11)5-7-11/h8-9H,4-7H2,1-3H3/b12-8+. The van der Waals surface area contributed by atoms with E-state index in [9.17, 15) is 4.55 Å². The lowest BCUT2D eigenvalue weighted by atomic mass is 9.90. The molecule has 2 bridgehead atoms. The van der Waals surface area contributed by atoms with Gasteiger partial charge in [0.15, 0.2) is 0 Å². The fourth-order valence-corrected chi connectivity index (χ4v) is 2.71. The van der Waals surface area contributed by atoms with Crippen LogP contribution < -0.4 is 0 Å². The smallest absolute Gasteiger partial charge is 0.144 e. The van der Waals surface area contributed by atoms with Crippen LogP contribution in [0.2, 0.25) is 0 Å². The molecular formula is C11H19NO2S. The van der Waals surface area contributed by atoms with E-state index >= 15 is 0 Å². The molecule has 4 heteroatoms.